The van der Waals surface area contributed by atoms with Crippen LogP contribution in [0.4, 0.5) is 0 Å². The third kappa shape index (κ3) is 13.5. The summed E-state index contributed by atoms with van der Waals surface area (Å²) >= 11 is 0. The summed E-state index contributed by atoms with van der Waals surface area (Å²) in [6, 6.07) is 33.9. The topological polar surface area (TPSA) is 139 Å². The van der Waals surface area contributed by atoms with Gasteiger partial charge in [-0.1, -0.05) is 106 Å². The minimum atomic E-state index is -0.657. The van der Waals surface area contributed by atoms with Gasteiger partial charge in [0.05, 0.1) is 6.04 Å². The van der Waals surface area contributed by atoms with Crippen molar-refractivity contribution in [1.82, 2.24) is 30.2 Å². The van der Waals surface area contributed by atoms with Gasteiger partial charge < -0.3 is 30.2 Å². The lowest BCUT2D eigenvalue weighted by Crippen LogP contribution is -2.52. The van der Waals surface area contributed by atoms with Crippen LogP contribution in [0.1, 0.15) is 105 Å². The number of likely N-dealkylation sites (tertiary alicyclic amines) is 2. The number of carbonyl (C=O) groups excluding carboxylic acids is 6. The lowest BCUT2D eigenvalue weighted by molar-refractivity contribution is -0.138. The molecule has 362 valence electrons. The van der Waals surface area contributed by atoms with Crippen molar-refractivity contribution in [2.24, 2.45) is 11.8 Å². The van der Waals surface area contributed by atoms with Gasteiger partial charge >= 0.3 is 0 Å². The van der Waals surface area contributed by atoms with Crippen LogP contribution in [0, 0.1) is 11.8 Å². The van der Waals surface area contributed by atoms with Gasteiger partial charge in [0.15, 0.2) is 0 Å². The van der Waals surface area contributed by atoms with Gasteiger partial charge in [0.1, 0.15) is 11.8 Å². The number of ketones is 1. The van der Waals surface area contributed by atoms with Gasteiger partial charge in [-0.2, -0.15) is 0 Å². The SMILES string of the molecule is CC[C@@H](C)C(=O)N[C@@H](C)C(=O)N1CCC[C@H]1CN(CCc1ccccc1)C(=O)c1ccc(-c2ccc(C(=O)N(CCc3ccccc3)C[C@@H]3CCCN3C(=O)[C@H](C)CC(=O)[C@H](C)NC)cc2)cc1. The van der Waals surface area contributed by atoms with Crippen LogP contribution in [-0.4, -0.2) is 125 Å². The predicted molar refractivity (Wildman–Crippen MR) is 268 cm³/mol. The Hall–Kier alpha value is -6.14. The smallest absolute Gasteiger partial charge is 0.253 e. The van der Waals surface area contributed by atoms with Crippen molar-refractivity contribution in [3.05, 3.63) is 131 Å². The van der Waals surface area contributed by atoms with Gasteiger partial charge in [0.2, 0.25) is 17.7 Å². The zero-order chi connectivity index (χ0) is 48.7. The number of carbonyl (C=O) groups is 6. The quantitative estimate of drug-likeness (QED) is 0.0835. The predicted octanol–water partition coefficient (Wildman–Crippen LogP) is 7.46. The lowest BCUT2D eigenvalue weighted by atomic mass is 9.99. The Kier molecular flexibility index (Phi) is 18.7. The number of hydrogen-bond acceptors (Lipinski definition) is 7. The first-order valence-corrected chi connectivity index (χ1v) is 24.8. The molecule has 12 heteroatoms. The van der Waals surface area contributed by atoms with E-state index in [0.29, 0.717) is 69.7 Å². The summed E-state index contributed by atoms with van der Waals surface area (Å²) in [5, 5.41) is 5.87. The molecule has 0 saturated carbocycles. The molecule has 6 rings (SSSR count). The highest BCUT2D eigenvalue weighted by Gasteiger charge is 2.36. The van der Waals surface area contributed by atoms with E-state index < -0.39 is 12.0 Å². The first-order chi connectivity index (χ1) is 32.8. The number of hydrogen-bond donors (Lipinski definition) is 2. The van der Waals surface area contributed by atoms with Crippen LogP contribution in [0.2, 0.25) is 0 Å². The zero-order valence-corrected chi connectivity index (χ0v) is 41.0. The van der Waals surface area contributed by atoms with E-state index in [9.17, 15) is 28.8 Å². The molecule has 2 aliphatic rings. The van der Waals surface area contributed by atoms with Crippen LogP contribution >= 0.6 is 0 Å². The minimum absolute atomic E-state index is 0.00629. The Bertz CT molecular complexity index is 2140. The molecule has 4 aromatic rings. The molecule has 0 aromatic heterocycles. The van der Waals surface area contributed by atoms with E-state index in [2.05, 4.69) is 34.9 Å². The molecule has 2 fully saturated rings. The van der Waals surface area contributed by atoms with E-state index in [4.69, 9.17) is 0 Å². The molecule has 6 atom stereocenters. The van der Waals surface area contributed by atoms with Gasteiger partial charge in [-0.15, -0.1) is 0 Å². The molecule has 12 nitrogen and oxygen atoms in total. The van der Waals surface area contributed by atoms with Crippen molar-refractivity contribution in [3.8, 4) is 11.1 Å². The normalized spacial score (nSPS) is 17.5. The van der Waals surface area contributed by atoms with Crippen molar-refractivity contribution in [1.29, 1.82) is 0 Å². The van der Waals surface area contributed by atoms with Gasteiger partial charge in [-0.3, -0.25) is 28.8 Å². The standard InChI is InChI=1S/C56H72N6O6/c1-7-39(2)52(64)58-42(5)54(66)62-33-15-21-50(62)38-60(35-31-44-18-12-9-13-19-44)56(68)48-28-24-46(25-29-48)45-22-26-47(27-23-45)55(67)59(34-30-43-16-10-8-11-17-43)37-49-20-14-32-61(49)53(65)40(3)36-51(63)41(4)57-6/h8-13,16-19,22-29,39-42,49-50,57H,7,14-15,20-21,30-38H2,1-6H3,(H,58,64)/t39-,40-,41+,42+,49+,50+/m1/s1. The maximum absolute atomic E-state index is 14.4. The maximum Gasteiger partial charge on any atom is 0.253 e. The second kappa shape index (κ2) is 24.8. The average Bonchev–Trinajstić information content (AvgIpc) is 4.05. The van der Waals surface area contributed by atoms with Gasteiger partial charge in [-0.05, 0) is 112 Å². The van der Waals surface area contributed by atoms with Crippen molar-refractivity contribution in [2.75, 3.05) is 46.3 Å². The minimum Gasteiger partial charge on any atom is -0.344 e. The number of rotatable bonds is 22. The molecule has 2 aliphatic heterocycles. The molecule has 4 aromatic carbocycles. The molecule has 0 spiro atoms. The summed E-state index contributed by atoms with van der Waals surface area (Å²) in [6.07, 6.45) is 5.42. The van der Waals surface area contributed by atoms with Crippen molar-refractivity contribution in [3.63, 3.8) is 0 Å². The zero-order valence-electron chi connectivity index (χ0n) is 41.0. The maximum atomic E-state index is 14.4. The monoisotopic (exact) mass is 925 g/mol. The summed E-state index contributed by atoms with van der Waals surface area (Å²) in [5.41, 5.74) is 5.13. The van der Waals surface area contributed by atoms with Crippen LogP contribution in [0.5, 0.6) is 0 Å². The molecule has 2 saturated heterocycles. The van der Waals surface area contributed by atoms with E-state index in [-0.39, 0.29) is 65.8 Å². The van der Waals surface area contributed by atoms with Crippen molar-refractivity contribution < 1.29 is 28.8 Å². The first-order valence-electron chi connectivity index (χ1n) is 24.8. The molecule has 0 radical (unpaired) electrons. The average molecular weight is 925 g/mol. The summed E-state index contributed by atoms with van der Waals surface area (Å²) in [6.45, 7) is 12.1. The van der Waals surface area contributed by atoms with Crippen molar-refractivity contribution in [2.45, 2.75) is 110 Å². The number of likely N-dealkylation sites (N-methyl/N-ethyl adjacent to an activating group) is 1. The van der Waals surface area contributed by atoms with Crippen LogP contribution in [0.3, 0.4) is 0 Å². The van der Waals surface area contributed by atoms with Crippen LogP contribution in [0.15, 0.2) is 109 Å². The Morgan fingerprint density at radius 1 is 0.588 bits per heavy atom. The molecule has 0 bridgehead atoms. The van der Waals surface area contributed by atoms with E-state index in [1.165, 1.54) is 0 Å². The number of amides is 5. The second-order valence-electron chi connectivity index (χ2n) is 18.9. The molecular weight excluding hydrogens is 853 g/mol. The number of Topliss-reactive ketones (excluding diaryl/α,β-unsaturated/α-hetero) is 1. The third-order valence-corrected chi connectivity index (χ3v) is 14.0. The summed E-state index contributed by atoms with van der Waals surface area (Å²) in [4.78, 5) is 88.9. The van der Waals surface area contributed by atoms with E-state index >= 15 is 0 Å². The highest BCUT2D eigenvalue weighted by molar-refractivity contribution is 5.96. The molecule has 5 amide bonds. The van der Waals surface area contributed by atoms with Crippen LogP contribution in [-0.2, 0) is 32.0 Å². The largest absolute Gasteiger partial charge is 0.344 e. The number of benzene rings is 4. The van der Waals surface area contributed by atoms with E-state index in [1.807, 2.05) is 132 Å². The number of nitrogens with zero attached hydrogens (tertiary/aromatic N) is 4. The highest BCUT2D eigenvalue weighted by atomic mass is 16.2. The Balaban J connectivity index is 1.15. The molecule has 0 unspecified atom stereocenters. The number of nitrogens with one attached hydrogen (secondary N) is 2. The Labute approximate surface area is 403 Å². The van der Waals surface area contributed by atoms with E-state index in [1.54, 1.807) is 14.0 Å². The first kappa shape index (κ1) is 51.3. The fourth-order valence-corrected chi connectivity index (χ4v) is 9.35. The summed E-state index contributed by atoms with van der Waals surface area (Å²) in [7, 11) is 1.74. The lowest BCUT2D eigenvalue weighted by Gasteiger charge is -2.33. The van der Waals surface area contributed by atoms with Gasteiger partial charge in [0.25, 0.3) is 11.8 Å². The van der Waals surface area contributed by atoms with Crippen molar-refractivity contribution >= 4 is 35.3 Å². The van der Waals surface area contributed by atoms with Crippen LogP contribution in [0.25, 0.3) is 11.1 Å². The second-order valence-corrected chi connectivity index (χ2v) is 18.9. The highest BCUT2D eigenvalue weighted by Crippen LogP contribution is 2.26. The molecule has 0 aliphatic carbocycles. The third-order valence-electron chi connectivity index (χ3n) is 14.0. The van der Waals surface area contributed by atoms with Gasteiger partial charge in [0, 0.05) is 80.7 Å². The fourth-order valence-electron chi connectivity index (χ4n) is 9.35. The molecular formula is C56H72N6O6. The summed E-state index contributed by atoms with van der Waals surface area (Å²) < 4.78 is 0. The summed E-state index contributed by atoms with van der Waals surface area (Å²) in [5.74, 6) is -1.15. The Morgan fingerprint density at radius 2 is 1.03 bits per heavy atom. The van der Waals surface area contributed by atoms with E-state index in [0.717, 1.165) is 47.9 Å². The molecule has 68 heavy (non-hydrogen) atoms. The fraction of sp³-hybridized carbons (Fsp3) is 0.464. The molecule has 2 N–H and O–H groups in total. The molecule has 2 heterocycles. The Morgan fingerprint density at radius 3 is 1.46 bits per heavy atom. The van der Waals surface area contributed by atoms with Crippen LogP contribution < -0.4 is 10.6 Å². The van der Waals surface area contributed by atoms with Gasteiger partial charge in [-0.25, -0.2) is 0 Å².